The molecule has 1 aromatic heterocycles. The first kappa shape index (κ1) is 8.52. The van der Waals surface area contributed by atoms with Crippen molar-refractivity contribution in [1.82, 2.24) is 9.78 Å². The molecule has 0 aliphatic rings. The average molecular weight is 176 g/mol. The summed E-state index contributed by atoms with van der Waals surface area (Å²) in [5, 5.41) is 4.66. The summed E-state index contributed by atoms with van der Waals surface area (Å²) in [6.45, 7) is 2.17. The zero-order chi connectivity index (χ0) is 8.43. The maximum absolute atomic E-state index is 5.86. The van der Waals surface area contributed by atoms with Crippen LogP contribution in [0.2, 0.25) is 5.15 Å². The lowest BCUT2D eigenvalue weighted by atomic mass is 10.3. The Hall–Kier alpha value is -0.580. The number of hydrogen-bond acceptors (Lipinski definition) is 3. The standard InChI is InChI=1S/C6H10ClN3O/c1-4-5(3-11-8)6(7)10(2)9-4/h3,8H2,1-2H3. The molecule has 0 spiro atoms. The van der Waals surface area contributed by atoms with Crippen LogP contribution < -0.4 is 5.90 Å². The van der Waals surface area contributed by atoms with Gasteiger partial charge in [-0.2, -0.15) is 5.10 Å². The number of aryl methyl sites for hydroxylation is 2. The Labute approximate surface area is 69.8 Å². The Kier molecular flexibility index (Phi) is 2.49. The van der Waals surface area contributed by atoms with Crippen LogP contribution in [0.15, 0.2) is 0 Å². The summed E-state index contributed by atoms with van der Waals surface area (Å²) in [6, 6.07) is 0. The maximum Gasteiger partial charge on any atom is 0.132 e. The number of hydrogen-bond donors (Lipinski definition) is 1. The highest BCUT2D eigenvalue weighted by Crippen LogP contribution is 2.18. The van der Waals surface area contributed by atoms with Gasteiger partial charge in [-0.15, -0.1) is 0 Å². The summed E-state index contributed by atoms with van der Waals surface area (Å²) in [4.78, 5) is 4.47. The van der Waals surface area contributed by atoms with Gasteiger partial charge in [0.2, 0.25) is 0 Å². The summed E-state index contributed by atoms with van der Waals surface area (Å²) in [5.74, 6) is 4.91. The van der Waals surface area contributed by atoms with Gasteiger partial charge in [-0.25, -0.2) is 5.90 Å². The number of nitrogens with two attached hydrogens (primary N) is 1. The normalized spacial score (nSPS) is 10.5. The van der Waals surface area contributed by atoms with Gasteiger partial charge in [0.05, 0.1) is 12.3 Å². The lowest BCUT2D eigenvalue weighted by Crippen LogP contribution is -1.99. The van der Waals surface area contributed by atoms with Crippen LogP contribution in [0.5, 0.6) is 0 Å². The lowest BCUT2D eigenvalue weighted by molar-refractivity contribution is 0.123. The van der Waals surface area contributed by atoms with Crippen molar-refractivity contribution >= 4 is 11.6 Å². The Morgan fingerprint density at radius 2 is 2.36 bits per heavy atom. The summed E-state index contributed by atoms with van der Waals surface area (Å²) in [6.07, 6.45) is 0. The molecule has 0 aromatic carbocycles. The second-order valence-electron chi connectivity index (χ2n) is 2.29. The SMILES string of the molecule is Cc1nn(C)c(Cl)c1CON. The molecule has 1 rings (SSSR count). The third-order valence-corrected chi connectivity index (χ3v) is 1.97. The van der Waals surface area contributed by atoms with E-state index in [1.165, 1.54) is 0 Å². The molecule has 0 fully saturated rings. The number of aromatic nitrogens is 2. The first-order chi connectivity index (χ1) is 5.16. The summed E-state index contributed by atoms with van der Waals surface area (Å²) in [7, 11) is 1.77. The Morgan fingerprint density at radius 3 is 2.73 bits per heavy atom. The van der Waals surface area contributed by atoms with E-state index in [1.54, 1.807) is 11.7 Å². The molecule has 4 nitrogen and oxygen atoms in total. The topological polar surface area (TPSA) is 53.1 Å². The third-order valence-electron chi connectivity index (χ3n) is 1.50. The molecule has 0 saturated heterocycles. The first-order valence-electron chi connectivity index (χ1n) is 3.16. The van der Waals surface area contributed by atoms with Crippen LogP contribution in [-0.2, 0) is 18.5 Å². The van der Waals surface area contributed by atoms with Gasteiger partial charge in [0.15, 0.2) is 0 Å². The highest BCUT2D eigenvalue weighted by atomic mass is 35.5. The molecule has 0 amide bonds. The fraction of sp³-hybridized carbons (Fsp3) is 0.500. The van der Waals surface area contributed by atoms with E-state index >= 15 is 0 Å². The monoisotopic (exact) mass is 175 g/mol. The third kappa shape index (κ3) is 1.53. The predicted molar refractivity (Wildman–Crippen MR) is 41.9 cm³/mol. The Balaban J connectivity index is 3.02. The van der Waals surface area contributed by atoms with E-state index in [0.29, 0.717) is 11.8 Å². The van der Waals surface area contributed by atoms with E-state index in [1.807, 2.05) is 6.92 Å². The molecule has 0 saturated carbocycles. The number of halogens is 1. The zero-order valence-corrected chi connectivity index (χ0v) is 7.22. The van der Waals surface area contributed by atoms with E-state index < -0.39 is 0 Å². The Bertz CT molecular complexity index is 259. The second-order valence-corrected chi connectivity index (χ2v) is 2.65. The Morgan fingerprint density at radius 1 is 1.73 bits per heavy atom. The molecule has 1 heterocycles. The van der Waals surface area contributed by atoms with Crippen molar-refractivity contribution in [3.05, 3.63) is 16.4 Å². The highest BCUT2D eigenvalue weighted by Gasteiger charge is 2.09. The highest BCUT2D eigenvalue weighted by molar-refractivity contribution is 6.30. The van der Waals surface area contributed by atoms with Crippen LogP contribution in [0.3, 0.4) is 0 Å². The van der Waals surface area contributed by atoms with Gasteiger partial charge in [0.1, 0.15) is 5.15 Å². The van der Waals surface area contributed by atoms with Crippen LogP contribution in [0, 0.1) is 6.92 Å². The van der Waals surface area contributed by atoms with E-state index in [4.69, 9.17) is 17.5 Å². The maximum atomic E-state index is 5.86. The summed E-state index contributed by atoms with van der Waals surface area (Å²) < 4.78 is 1.59. The quantitative estimate of drug-likeness (QED) is 0.676. The van der Waals surface area contributed by atoms with Crippen LogP contribution in [-0.4, -0.2) is 9.78 Å². The minimum atomic E-state index is 0.304. The largest absolute Gasteiger partial charge is 0.300 e. The zero-order valence-electron chi connectivity index (χ0n) is 6.47. The molecule has 11 heavy (non-hydrogen) atoms. The van der Waals surface area contributed by atoms with Gasteiger partial charge >= 0.3 is 0 Å². The molecule has 0 unspecified atom stereocenters. The van der Waals surface area contributed by atoms with E-state index in [-0.39, 0.29) is 0 Å². The summed E-state index contributed by atoms with van der Waals surface area (Å²) >= 11 is 5.86. The van der Waals surface area contributed by atoms with Gasteiger partial charge in [-0.1, -0.05) is 11.6 Å². The lowest BCUT2D eigenvalue weighted by Gasteiger charge is -1.95. The molecule has 62 valence electrons. The van der Waals surface area contributed by atoms with E-state index in [9.17, 15) is 0 Å². The number of nitrogens with zero attached hydrogens (tertiary/aromatic N) is 2. The van der Waals surface area contributed by atoms with Crippen LogP contribution in [0.25, 0.3) is 0 Å². The molecule has 0 aliphatic heterocycles. The van der Waals surface area contributed by atoms with Crippen molar-refractivity contribution in [1.29, 1.82) is 0 Å². The molecule has 2 N–H and O–H groups in total. The molecular formula is C6H10ClN3O. The average Bonchev–Trinajstić information content (AvgIpc) is 2.17. The van der Waals surface area contributed by atoms with Crippen molar-refractivity contribution in [2.24, 2.45) is 12.9 Å². The van der Waals surface area contributed by atoms with Crippen LogP contribution in [0.1, 0.15) is 11.3 Å². The van der Waals surface area contributed by atoms with E-state index in [0.717, 1.165) is 11.3 Å². The van der Waals surface area contributed by atoms with Gasteiger partial charge in [0.25, 0.3) is 0 Å². The van der Waals surface area contributed by atoms with Crippen LogP contribution >= 0.6 is 11.6 Å². The fourth-order valence-corrected chi connectivity index (χ4v) is 1.15. The molecular weight excluding hydrogens is 166 g/mol. The van der Waals surface area contributed by atoms with Crippen LogP contribution in [0.4, 0.5) is 0 Å². The minimum absolute atomic E-state index is 0.304. The molecule has 1 aromatic rings. The summed E-state index contributed by atoms with van der Waals surface area (Å²) in [5.41, 5.74) is 1.69. The van der Waals surface area contributed by atoms with Gasteiger partial charge < -0.3 is 0 Å². The second kappa shape index (κ2) is 3.21. The van der Waals surface area contributed by atoms with Gasteiger partial charge in [0, 0.05) is 12.6 Å². The van der Waals surface area contributed by atoms with Gasteiger partial charge in [-0.05, 0) is 6.92 Å². The number of rotatable bonds is 2. The molecule has 5 heteroatoms. The fourth-order valence-electron chi connectivity index (χ4n) is 0.921. The molecule has 0 atom stereocenters. The van der Waals surface area contributed by atoms with Gasteiger partial charge in [-0.3, -0.25) is 9.52 Å². The minimum Gasteiger partial charge on any atom is -0.300 e. The van der Waals surface area contributed by atoms with Crippen molar-refractivity contribution in [2.45, 2.75) is 13.5 Å². The predicted octanol–water partition coefficient (Wildman–Crippen LogP) is 0.772. The van der Waals surface area contributed by atoms with Crippen molar-refractivity contribution in [3.63, 3.8) is 0 Å². The molecule has 0 bridgehead atoms. The first-order valence-corrected chi connectivity index (χ1v) is 3.54. The van der Waals surface area contributed by atoms with Crippen molar-refractivity contribution in [3.8, 4) is 0 Å². The molecule has 0 radical (unpaired) electrons. The van der Waals surface area contributed by atoms with Crippen molar-refractivity contribution in [2.75, 3.05) is 0 Å². The smallest absolute Gasteiger partial charge is 0.132 e. The molecule has 0 aliphatic carbocycles. The van der Waals surface area contributed by atoms with Crippen molar-refractivity contribution < 1.29 is 4.84 Å². The van der Waals surface area contributed by atoms with E-state index in [2.05, 4.69) is 9.94 Å².